The summed E-state index contributed by atoms with van der Waals surface area (Å²) in [4.78, 5) is 12.2. The molecule has 1 fully saturated rings. The summed E-state index contributed by atoms with van der Waals surface area (Å²) in [6.45, 7) is 4.37. The minimum Gasteiger partial charge on any atom is -0.326 e. The van der Waals surface area contributed by atoms with E-state index in [1.807, 2.05) is 23.9 Å². The molecule has 0 bridgehead atoms. The normalized spacial score (nSPS) is 18.8. The third kappa shape index (κ3) is 7.15. The summed E-state index contributed by atoms with van der Waals surface area (Å²) < 4.78 is 0. The van der Waals surface area contributed by atoms with Crippen LogP contribution in [0.15, 0.2) is 24.3 Å². The molecule has 0 spiro atoms. The van der Waals surface area contributed by atoms with Crippen molar-refractivity contribution in [3.63, 3.8) is 0 Å². The molecule has 0 saturated carbocycles. The second-order valence-electron chi connectivity index (χ2n) is 6.28. The average molecular weight is 357 g/mol. The largest absolute Gasteiger partial charge is 0.326 e. The fourth-order valence-electron chi connectivity index (χ4n) is 3.01. The van der Waals surface area contributed by atoms with E-state index < -0.39 is 0 Å². The van der Waals surface area contributed by atoms with Crippen LogP contribution in [0.5, 0.6) is 0 Å². The maximum atomic E-state index is 12.2. The first-order valence-electron chi connectivity index (χ1n) is 8.27. The van der Waals surface area contributed by atoms with Gasteiger partial charge in [-0.1, -0.05) is 19.1 Å². The first-order valence-corrected chi connectivity index (χ1v) is 9.67. The average Bonchev–Trinajstić information content (AvgIpc) is 2.55. The van der Waals surface area contributed by atoms with Gasteiger partial charge in [0.05, 0.1) is 0 Å². The second kappa shape index (κ2) is 11.0. The number of aryl methyl sites for hydroxylation is 1. The molecular formula is C18H29ClN2OS. The SMILES string of the molecule is CSCCc1ccc(NC(=O)CC(C)C2CCCNC2)cc1.Cl. The van der Waals surface area contributed by atoms with Gasteiger partial charge < -0.3 is 10.6 Å². The lowest BCUT2D eigenvalue weighted by atomic mass is 9.85. The van der Waals surface area contributed by atoms with Crippen LogP contribution < -0.4 is 10.6 Å². The number of hydrogen-bond donors (Lipinski definition) is 2. The van der Waals surface area contributed by atoms with Gasteiger partial charge in [-0.15, -0.1) is 12.4 Å². The number of carbonyl (C=O) groups excluding carboxylic acids is 1. The topological polar surface area (TPSA) is 41.1 Å². The van der Waals surface area contributed by atoms with Gasteiger partial charge in [-0.25, -0.2) is 0 Å². The van der Waals surface area contributed by atoms with E-state index in [0.717, 1.165) is 31.0 Å². The predicted molar refractivity (Wildman–Crippen MR) is 104 cm³/mol. The van der Waals surface area contributed by atoms with E-state index in [4.69, 9.17) is 0 Å². The fourth-order valence-corrected chi connectivity index (χ4v) is 3.45. The van der Waals surface area contributed by atoms with Gasteiger partial charge in [0.1, 0.15) is 0 Å². The van der Waals surface area contributed by atoms with Gasteiger partial charge in [0.2, 0.25) is 5.91 Å². The summed E-state index contributed by atoms with van der Waals surface area (Å²) in [6.07, 6.45) is 6.29. The highest BCUT2D eigenvalue weighted by Gasteiger charge is 2.21. The van der Waals surface area contributed by atoms with Gasteiger partial charge in [-0.2, -0.15) is 11.8 Å². The fraction of sp³-hybridized carbons (Fsp3) is 0.611. The lowest BCUT2D eigenvalue weighted by Crippen LogP contribution is -2.34. The lowest BCUT2D eigenvalue weighted by Gasteiger charge is -2.28. The quantitative estimate of drug-likeness (QED) is 0.776. The molecule has 0 aliphatic carbocycles. The van der Waals surface area contributed by atoms with Crippen molar-refractivity contribution in [3.05, 3.63) is 29.8 Å². The molecule has 1 aromatic rings. The van der Waals surface area contributed by atoms with E-state index in [9.17, 15) is 4.79 Å². The van der Waals surface area contributed by atoms with Gasteiger partial charge in [0.15, 0.2) is 0 Å². The molecule has 23 heavy (non-hydrogen) atoms. The minimum absolute atomic E-state index is 0. The summed E-state index contributed by atoms with van der Waals surface area (Å²) in [5.41, 5.74) is 2.24. The Kier molecular flexibility index (Phi) is 9.68. The summed E-state index contributed by atoms with van der Waals surface area (Å²) in [5, 5.41) is 6.46. The van der Waals surface area contributed by atoms with Crippen LogP contribution in [-0.2, 0) is 11.2 Å². The summed E-state index contributed by atoms with van der Waals surface area (Å²) in [6, 6.07) is 8.25. The molecule has 2 rings (SSSR count). The molecule has 1 aliphatic heterocycles. The number of thioether (sulfide) groups is 1. The molecule has 130 valence electrons. The molecule has 1 heterocycles. The number of amides is 1. The van der Waals surface area contributed by atoms with Crippen molar-refractivity contribution in [2.75, 3.05) is 30.4 Å². The zero-order valence-electron chi connectivity index (χ0n) is 14.1. The van der Waals surface area contributed by atoms with Crippen molar-refractivity contribution < 1.29 is 4.79 Å². The van der Waals surface area contributed by atoms with Gasteiger partial charge >= 0.3 is 0 Å². The molecule has 0 radical (unpaired) electrons. The molecule has 1 saturated heterocycles. The van der Waals surface area contributed by atoms with Crippen LogP contribution in [0, 0.1) is 11.8 Å². The molecule has 1 amide bonds. The van der Waals surface area contributed by atoms with Gasteiger partial charge in [0, 0.05) is 12.1 Å². The number of halogens is 1. The van der Waals surface area contributed by atoms with Crippen molar-refractivity contribution >= 4 is 35.8 Å². The summed E-state index contributed by atoms with van der Waals surface area (Å²) in [5.74, 6) is 2.34. The third-order valence-electron chi connectivity index (χ3n) is 4.48. The Labute approximate surface area is 150 Å². The van der Waals surface area contributed by atoms with Crippen LogP contribution in [0.3, 0.4) is 0 Å². The number of nitrogens with one attached hydrogen (secondary N) is 2. The summed E-state index contributed by atoms with van der Waals surface area (Å²) >= 11 is 1.86. The molecule has 2 unspecified atom stereocenters. The molecule has 0 aromatic heterocycles. The van der Waals surface area contributed by atoms with E-state index in [1.165, 1.54) is 18.4 Å². The van der Waals surface area contributed by atoms with Gasteiger partial charge in [-0.05, 0) is 73.9 Å². The maximum absolute atomic E-state index is 12.2. The monoisotopic (exact) mass is 356 g/mol. The molecule has 1 aliphatic rings. The minimum atomic E-state index is 0. The maximum Gasteiger partial charge on any atom is 0.224 e. The Morgan fingerprint density at radius 1 is 1.39 bits per heavy atom. The Morgan fingerprint density at radius 2 is 2.13 bits per heavy atom. The number of benzene rings is 1. The van der Waals surface area contributed by atoms with E-state index in [1.54, 1.807) is 0 Å². The predicted octanol–water partition coefficient (Wildman–Crippen LogP) is 3.98. The van der Waals surface area contributed by atoms with Crippen molar-refractivity contribution in [2.45, 2.75) is 32.6 Å². The van der Waals surface area contributed by atoms with Gasteiger partial charge in [-0.3, -0.25) is 4.79 Å². The zero-order valence-corrected chi connectivity index (χ0v) is 15.8. The highest BCUT2D eigenvalue weighted by molar-refractivity contribution is 7.98. The molecule has 1 aromatic carbocycles. The van der Waals surface area contributed by atoms with Crippen LogP contribution in [0.25, 0.3) is 0 Å². The Bertz CT molecular complexity index is 461. The van der Waals surface area contributed by atoms with E-state index in [-0.39, 0.29) is 18.3 Å². The summed E-state index contributed by atoms with van der Waals surface area (Å²) in [7, 11) is 0. The molecule has 2 N–H and O–H groups in total. The van der Waals surface area contributed by atoms with Crippen molar-refractivity contribution in [1.29, 1.82) is 0 Å². The molecule has 3 nitrogen and oxygen atoms in total. The van der Waals surface area contributed by atoms with Crippen LogP contribution >= 0.6 is 24.2 Å². The van der Waals surface area contributed by atoms with Crippen LogP contribution in [0.1, 0.15) is 31.7 Å². The number of anilines is 1. The van der Waals surface area contributed by atoms with E-state index in [0.29, 0.717) is 18.3 Å². The standard InChI is InChI=1S/C18H28N2OS.ClH/c1-14(16-4-3-10-19-13-16)12-18(21)20-17-7-5-15(6-8-17)9-11-22-2;/h5-8,14,16,19H,3-4,9-13H2,1-2H3,(H,20,21);1H. The Balaban J connectivity index is 0.00000264. The highest BCUT2D eigenvalue weighted by atomic mass is 35.5. The van der Waals surface area contributed by atoms with E-state index >= 15 is 0 Å². The molecule has 5 heteroatoms. The zero-order chi connectivity index (χ0) is 15.8. The molecular weight excluding hydrogens is 328 g/mol. The number of carbonyl (C=O) groups is 1. The second-order valence-corrected chi connectivity index (χ2v) is 7.26. The van der Waals surface area contributed by atoms with Crippen LogP contribution in [0.2, 0.25) is 0 Å². The smallest absolute Gasteiger partial charge is 0.224 e. The van der Waals surface area contributed by atoms with Crippen LogP contribution in [0.4, 0.5) is 5.69 Å². The van der Waals surface area contributed by atoms with Crippen LogP contribution in [-0.4, -0.2) is 31.0 Å². The van der Waals surface area contributed by atoms with Crippen molar-refractivity contribution in [3.8, 4) is 0 Å². The number of rotatable bonds is 7. The first kappa shape index (κ1) is 20.3. The highest BCUT2D eigenvalue weighted by Crippen LogP contribution is 2.23. The third-order valence-corrected chi connectivity index (χ3v) is 5.09. The number of piperidine rings is 1. The number of hydrogen-bond acceptors (Lipinski definition) is 3. The van der Waals surface area contributed by atoms with Crippen molar-refractivity contribution in [2.24, 2.45) is 11.8 Å². The van der Waals surface area contributed by atoms with Gasteiger partial charge in [0.25, 0.3) is 0 Å². The Hall–Kier alpha value is -0.710. The van der Waals surface area contributed by atoms with E-state index in [2.05, 4.69) is 35.9 Å². The first-order chi connectivity index (χ1) is 10.7. The Morgan fingerprint density at radius 3 is 2.74 bits per heavy atom. The van der Waals surface area contributed by atoms with Crippen molar-refractivity contribution in [1.82, 2.24) is 5.32 Å². The molecule has 2 atom stereocenters. The lowest BCUT2D eigenvalue weighted by molar-refractivity contribution is -0.117.